The zero-order chi connectivity index (χ0) is 56.3. The molecule has 9 rings (SSSR count). The Kier molecular flexibility index (Phi) is 17.4. The van der Waals surface area contributed by atoms with E-state index in [-0.39, 0.29) is 58.7 Å². The first-order chi connectivity index (χ1) is 36.1. The molecule has 4 aliphatic heterocycles. The number of fused-ring (bicyclic) bond motifs is 7. The molecule has 4 heterocycles. The van der Waals surface area contributed by atoms with Gasteiger partial charge in [0.05, 0.1) is 44.2 Å². The van der Waals surface area contributed by atoms with Gasteiger partial charge < -0.3 is 109 Å². The van der Waals surface area contributed by atoms with Crippen LogP contribution in [0, 0.1) is 50.2 Å². The molecule has 8 fully saturated rings. The topological polar surface area (TPSA) is 346 Å². The van der Waals surface area contributed by atoms with Crippen molar-refractivity contribution in [3.8, 4) is 0 Å². The summed E-state index contributed by atoms with van der Waals surface area (Å²) in [6.45, 7) is 15.0. The normalized spacial score (nSPS) is 55.8. The molecule has 4 saturated carbocycles. The Hall–Kier alpha value is -1.14. The third kappa shape index (κ3) is 9.85. The van der Waals surface area contributed by atoms with Crippen molar-refractivity contribution in [3.63, 3.8) is 0 Å². The van der Waals surface area contributed by atoms with Crippen LogP contribution < -0.4 is 0 Å². The lowest BCUT2D eigenvalue weighted by atomic mass is 9.33. The van der Waals surface area contributed by atoms with Gasteiger partial charge >= 0.3 is 0 Å². The minimum Gasteiger partial charge on any atom is -0.396 e. The standard InChI is InChI=1S/C55H92O22/c1-24-33(60)36(63)39(66)46(70-24)75-42-30(21-57)73-48(41(68)38(42)65)76-43-34(61)25(2)71-49(44(43)77-47-40(67)37(64)35(62)29(20-56)72-47)74-32-11-12-51(5)31(52(32,6)22-58)10-13-54(8)45(51)28(69-9)18-26-27-19-50(3,4)14-16-55(27,23-59)17-15-53(26,54)7/h18,24-25,27-49,56-68H,10-17,19-23H2,1-9H3/t24-,25+,27-,28-,29+,30+,31+,32-,33-,34-,35+,36+,37-,38-,39+,40+,41+,42+,43-,44+,45+,46-,47-,48-,49-,51-,52-,53+,54+,55+/m0/s1. The number of hydrogen-bond donors (Lipinski definition) is 13. The Morgan fingerprint density at radius 2 is 1.09 bits per heavy atom. The number of rotatable bonds is 13. The number of ether oxygens (including phenoxy) is 9. The van der Waals surface area contributed by atoms with Crippen molar-refractivity contribution in [1.29, 1.82) is 0 Å². The summed E-state index contributed by atoms with van der Waals surface area (Å²) in [5.74, 6) is 0.102. The number of aliphatic hydroxyl groups excluding tert-OH is 13. The van der Waals surface area contributed by atoms with Crippen molar-refractivity contribution in [2.45, 2.75) is 248 Å². The first kappa shape index (κ1) is 60.5. The molecule has 30 atom stereocenters. The molecule has 0 unspecified atom stereocenters. The Labute approximate surface area is 451 Å². The summed E-state index contributed by atoms with van der Waals surface area (Å²) in [5.41, 5.74) is -0.390. The van der Waals surface area contributed by atoms with Gasteiger partial charge in [-0.25, -0.2) is 0 Å². The number of aliphatic hydroxyl groups is 13. The SMILES string of the molecule is CO[C@H]1C=C2[C@@H]3CC(C)(C)CC[C@]3(CO)CC[C@@]2(C)[C@]2(C)CC[C@H]3[C@](C)(CO)[C@@H](O[C@@H]4O[C@H](C)[C@H](O)[C@H](O[C@@H]5O[C@H](CO)[C@@H](O[C@@H]6O[C@@H](C)[C@H](O)[C@@H](O)[C@H]6O)[C@@H](O)[C@H]5O)[C@H]4O[C@@H]4O[C@H](CO)[C@@H](O)[C@H](O)[C@H]4O)CC[C@]3(C)[C@@H]12. The molecule has 22 heteroatoms. The summed E-state index contributed by atoms with van der Waals surface area (Å²) >= 11 is 0. The lowest BCUT2D eigenvalue weighted by molar-refractivity contribution is -0.403. The number of methoxy groups -OCH3 is 1. The van der Waals surface area contributed by atoms with E-state index in [1.807, 2.05) is 6.92 Å². The van der Waals surface area contributed by atoms with Crippen LogP contribution in [-0.4, -0.2) is 235 Å². The van der Waals surface area contributed by atoms with Gasteiger partial charge in [0, 0.05) is 30.5 Å². The molecule has 0 radical (unpaired) electrons. The van der Waals surface area contributed by atoms with E-state index in [1.165, 1.54) is 19.4 Å². The van der Waals surface area contributed by atoms with Gasteiger partial charge in [-0.2, -0.15) is 0 Å². The predicted molar refractivity (Wildman–Crippen MR) is 267 cm³/mol. The van der Waals surface area contributed by atoms with Crippen molar-refractivity contribution >= 4 is 0 Å². The highest BCUT2D eigenvalue weighted by Gasteiger charge is 2.71. The smallest absolute Gasteiger partial charge is 0.187 e. The van der Waals surface area contributed by atoms with Gasteiger partial charge in [0.1, 0.15) is 85.5 Å². The largest absolute Gasteiger partial charge is 0.396 e. The highest BCUT2D eigenvalue weighted by Crippen LogP contribution is 2.76. The third-order valence-electron chi connectivity index (χ3n) is 21.8. The fourth-order valence-electron chi connectivity index (χ4n) is 16.8. The first-order valence-electron chi connectivity index (χ1n) is 28.2. The molecule has 0 aromatic carbocycles. The Balaban J connectivity index is 1.01. The van der Waals surface area contributed by atoms with Crippen LogP contribution >= 0.6 is 0 Å². The molecule has 0 aromatic rings. The lowest BCUT2D eigenvalue weighted by Gasteiger charge is -2.72. The molecular weight excluding hydrogens is 1010 g/mol. The predicted octanol–water partition coefficient (Wildman–Crippen LogP) is -0.909. The zero-order valence-electron chi connectivity index (χ0n) is 46.2. The molecule has 13 N–H and O–H groups in total. The third-order valence-corrected chi connectivity index (χ3v) is 21.8. The summed E-state index contributed by atoms with van der Waals surface area (Å²) in [5, 5.41) is 143. The molecule has 0 bridgehead atoms. The van der Waals surface area contributed by atoms with E-state index in [0.717, 1.165) is 44.9 Å². The van der Waals surface area contributed by atoms with Crippen molar-refractivity contribution in [2.75, 3.05) is 33.5 Å². The Morgan fingerprint density at radius 3 is 1.71 bits per heavy atom. The number of hydrogen-bond acceptors (Lipinski definition) is 22. The van der Waals surface area contributed by atoms with E-state index in [2.05, 4.69) is 40.7 Å². The van der Waals surface area contributed by atoms with Crippen LogP contribution in [0.4, 0.5) is 0 Å². The molecule has 22 nitrogen and oxygen atoms in total. The monoisotopic (exact) mass is 1100 g/mol. The molecule has 5 aliphatic carbocycles. The number of allylic oxidation sites excluding steroid dienone is 1. The molecule has 0 amide bonds. The summed E-state index contributed by atoms with van der Waals surface area (Å²) in [7, 11) is 1.78. The fourth-order valence-corrected chi connectivity index (χ4v) is 16.8. The van der Waals surface area contributed by atoms with Crippen LogP contribution in [0.5, 0.6) is 0 Å². The van der Waals surface area contributed by atoms with Crippen LogP contribution in [0.1, 0.15) is 113 Å². The second-order valence-corrected chi connectivity index (χ2v) is 26.5. The fraction of sp³-hybridized carbons (Fsp3) is 0.964. The second-order valence-electron chi connectivity index (χ2n) is 26.5. The van der Waals surface area contributed by atoms with Gasteiger partial charge in [-0.15, -0.1) is 0 Å². The van der Waals surface area contributed by atoms with Gasteiger partial charge in [0.25, 0.3) is 0 Å². The van der Waals surface area contributed by atoms with Gasteiger partial charge in [0.2, 0.25) is 0 Å². The maximum Gasteiger partial charge on any atom is 0.187 e. The maximum atomic E-state index is 12.0. The highest BCUT2D eigenvalue weighted by atomic mass is 16.8. The summed E-state index contributed by atoms with van der Waals surface area (Å²) in [6.07, 6.45) is -24.1. The molecule has 0 aromatic heterocycles. The molecule has 4 saturated heterocycles. The van der Waals surface area contributed by atoms with E-state index >= 15 is 0 Å². The van der Waals surface area contributed by atoms with Crippen molar-refractivity contribution in [3.05, 3.63) is 11.6 Å². The van der Waals surface area contributed by atoms with E-state index < -0.39 is 153 Å². The summed E-state index contributed by atoms with van der Waals surface area (Å²) in [4.78, 5) is 0. The van der Waals surface area contributed by atoms with Crippen LogP contribution in [0.3, 0.4) is 0 Å². The summed E-state index contributed by atoms with van der Waals surface area (Å²) in [6, 6.07) is 0. The van der Waals surface area contributed by atoms with Gasteiger partial charge in [0.15, 0.2) is 25.2 Å². The van der Waals surface area contributed by atoms with Crippen molar-refractivity contribution in [2.24, 2.45) is 50.2 Å². The average molecular weight is 1110 g/mol. The van der Waals surface area contributed by atoms with Crippen LogP contribution in [-0.2, 0) is 42.6 Å². The van der Waals surface area contributed by atoms with E-state index in [4.69, 9.17) is 42.6 Å². The van der Waals surface area contributed by atoms with Gasteiger partial charge in [-0.3, -0.25) is 0 Å². The summed E-state index contributed by atoms with van der Waals surface area (Å²) < 4.78 is 56.0. The minimum atomic E-state index is -2.01. The highest BCUT2D eigenvalue weighted by molar-refractivity contribution is 5.36. The molecule has 444 valence electrons. The minimum absolute atomic E-state index is 0.0204. The lowest BCUT2D eigenvalue weighted by Crippen LogP contribution is -2.69. The van der Waals surface area contributed by atoms with E-state index in [9.17, 15) is 66.4 Å². The van der Waals surface area contributed by atoms with Crippen molar-refractivity contribution in [1.82, 2.24) is 0 Å². The van der Waals surface area contributed by atoms with Gasteiger partial charge in [-0.1, -0.05) is 53.2 Å². The average Bonchev–Trinajstić information content (AvgIpc) is 3.41. The van der Waals surface area contributed by atoms with Crippen LogP contribution in [0.25, 0.3) is 0 Å². The first-order valence-corrected chi connectivity index (χ1v) is 28.2. The van der Waals surface area contributed by atoms with Crippen LogP contribution in [0.15, 0.2) is 11.6 Å². The Bertz CT molecular complexity index is 2070. The van der Waals surface area contributed by atoms with E-state index in [1.54, 1.807) is 7.11 Å². The van der Waals surface area contributed by atoms with Crippen LogP contribution in [0.2, 0.25) is 0 Å². The molecule has 9 aliphatic rings. The zero-order valence-corrected chi connectivity index (χ0v) is 46.2. The van der Waals surface area contributed by atoms with Crippen molar-refractivity contribution < 1.29 is 109 Å². The van der Waals surface area contributed by atoms with E-state index in [0.29, 0.717) is 12.8 Å². The second kappa shape index (κ2) is 22.1. The molecule has 77 heavy (non-hydrogen) atoms. The van der Waals surface area contributed by atoms with Gasteiger partial charge in [-0.05, 0) is 105 Å². The quantitative estimate of drug-likeness (QED) is 0.0784. The Morgan fingerprint density at radius 1 is 0.532 bits per heavy atom. The maximum absolute atomic E-state index is 12.0. The molecule has 0 spiro atoms. The molecular formula is C55H92O22.